The van der Waals surface area contributed by atoms with Crippen molar-refractivity contribution in [1.82, 2.24) is 9.55 Å². The van der Waals surface area contributed by atoms with Crippen molar-refractivity contribution in [2.75, 3.05) is 12.3 Å². The van der Waals surface area contributed by atoms with E-state index in [9.17, 15) is 0 Å². The molecular formula is C17H23N3O. The molecule has 2 N–H and O–H groups in total. The van der Waals surface area contributed by atoms with Gasteiger partial charge in [0.15, 0.2) is 0 Å². The van der Waals surface area contributed by atoms with Crippen LogP contribution in [0.1, 0.15) is 57.3 Å². The van der Waals surface area contributed by atoms with Gasteiger partial charge in [-0.15, -0.1) is 0 Å². The summed E-state index contributed by atoms with van der Waals surface area (Å²) in [4.78, 5) is 4.90. The third-order valence-corrected chi connectivity index (χ3v) is 4.72. The Kier molecular flexibility index (Phi) is 2.80. The van der Waals surface area contributed by atoms with Crippen molar-refractivity contribution in [3.8, 4) is 0 Å². The Labute approximate surface area is 125 Å². The van der Waals surface area contributed by atoms with Gasteiger partial charge in [0.1, 0.15) is 5.82 Å². The number of fused-ring (bicyclic) bond motifs is 1. The molecule has 1 aliphatic carbocycles. The van der Waals surface area contributed by atoms with Gasteiger partial charge in [-0.2, -0.15) is 0 Å². The molecule has 1 saturated carbocycles. The second-order valence-electron chi connectivity index (χ2n) is 7.12. The zero-order chi connectivity index (χ0) is 14.6. The van der Waals surface area contributed by atoms with E-state index in [-0.39, 0.29) is 5.60 Å². The van der Waals surface area contributed by atoms with Crippen LogP contribution < -0.4 is 5.73 Å². The first kappa shape index (κ1) is 13.1. The van der Waals surface area contributed by atoms with Crippen molar-refractivity contribution in [2.24, 2.45) is 0 Å². The molecule has 112 valence electrons. The maximum atomic E-state index is 5.93. The molecule has 1 aromatic heterocycles. The fraction of sp³-hybridized carbons (Fsp3) is 0.588. The first-order valence-corrected chi connectivity index (χ1v) is 7.95. The number of hydrogen-bond donors (Lipinski definition) is 1. The molecule has 21 heavy (non-hydrogen) atoms. The molecule has 1 saturated heterocycles. The van der Waals surface area contributed by atoms with E-state index in [0.29, 0.717) is 12.0 Å². The Bertz CT molecular complexity index is 685. The van der Waals surface area contributed by atoms with E-state index in [2.05, 4.69) is 24.5 Å². The lowest BCUT2D eigenvalue weighted by atomic mass is 9.93. The van der Waals surface area contributed by atoms with Crippen LogP contribution in [0.15, 0.2) is 18.2 Å². The second kappa shape index (κ2) is 4.47. The van der Waals surface area contributed by atoms with Gasteiger partial charge in [0, 0.05) is 24.3 Å². The lowest BCUT2D eigenvalue weighted by molar-refractivity contribution is -0.0688. The van der Waals surface area contributed by atoms with Gasteiger partial charge in [-0.3, -0.25) is 0 Å². The Balaban J connectivity index is 1.84. The molecule has 0 amide bonds. The predicted octanol–water partition coefficient (Wildman–Crippen LogP) is 3.63. The van der Waals surface area contributed by atoms with Crippen LogP contribution in [0.4, 0.5) is 5.69 Å². The van der Waals surface area contributed by atoms with Gasteiger partial charge in [-0.05, 0) is 57.7 Å². The summed E-state index contributed by atoms with van der Waals surface area (Å²) in [6.07, 6.45) is 4.65. The summed E-state index contributed by atoms with van der Waals surface area (Å²) in [5.41, 5.74) is 8.95. The molecular weight excluding hydrogens is 262 g/mol. The number of imidazole rings is 1. The number of hydrogen-bond acceptors (Lipinski definition) is 3. The number of aromatic nitrogens is 2. The van der Waals surface area contributed by atoms with Crippen molar-refractivity contribution in [2.45, 2.75) is 57.1 Å². The minimum atomic E-state index is -0.0475. The third-order valence-electron chi connectivity index (χ3n) is 4.72. The Hall–Kier alpha value is -1.55. The highest BCUT2D eigenvalue weighted by molar-refractivity contribution is 5.80. The zero-order valence-corrected chi connectivity index (χ0v) is 12.8. The monoisotopic (exact) mass is 285 g/mol. The van der Waals surface area contributed by atoms with Crippen LogP contribution >= 0.6 is 0 Å². The Morgan fingerprint density at radius 2 is 2.10 bits per heavy atom. The van der Waals surface area contributed by atoms with Crippen LogP contribution in [0, 0.1) is 0 Å². The molecule has 0 spiro atoms. The lowest BCUT2D eigenvalue weighted by Gasteiger charge is -2.37. The topological polar surface area (TPSA) is 53.1 Å². The van der Waals surface area contributed by atoms with Crippen LogP contribution in [-0.4, -0.2) is 21.8 Å². The maximum absolute atomic E-state index is 5.93. The minimum absolute atomic E-state index is 0.0475. The van der Waals surface area contributed by atoms with E-state index in [1.54, 1.807) is 0 Å². The predicted molar refractivity (Wildman–Crippen MR) is 84.4 cm³/mol. The lowest BCUT2D eigenvalue weighted by Crippen LogP contribution is -2.35. The summed E-state index contributed by atoms with van der Waals surface area (Å²) < 4.78 is 8.37. The van der Waals surface area contributed by atoms with Gasteiger partial charge in [0.05, 0.1) is 16.6 Å². The van der Waals surface area contributed by atoms with Gasteiger partial charge >= 0.3 is 0 Å². The molecule has 1 unspecified atom stereocenters. The number of benzene rings is 1. The fourth-order valence-corrected chi connectivity index (χ4v) is 3.57. The van der Waals surface area contributed by atoms with Gasteiger partial charge in [0.2, 0.25) is 0 Å². The number of anilines is 1. The summed E-state index contributed by atoms with van der Waals surface area (Å²) in [7, 11) is 0. The second-order valence-corrected chi connectivity index (χ2v) is 7.12. The third kappa shape index (κ3) is 2.31. The van der Waals surface area contributed by atoms with Crippen LogP contribution in [0.5, 0.6) is 0 Å². The Morgan fingerprint density at radius 1 is 1.29 bits per heavy atom. The van der Waals surface area contributed by atoms with E-state index in [1.165, 1.54) is 24.2 Å². The van der Waals surface area contributed by atoms with Crippen LogP contribution in [0.3, 0.4) is 0 Å². The number of nitrogens with zero attached hydrogens (tertiary/aromatic N) is 2. The summed E-state index contributed by atoms with van der Waals surface area (Å²) in [6.45, 7) is 5.20. The SMILES string of the molecule is CC1(C)CC(n2c(C3CC3)nc3cc(N)ccc32)CCO1. The van der Waals surface area contributed by atoms with Crippen molar-refractivity contribution in [1.29, 1.82) is 0 Å². The van der Waals surface area contributed by atoms with Gasteiger partial charge in [0.25, 0.3) is 0 Å². The van der Waals surface area contributed by atoms with Crippen molar-refractivity contribution in [3.05, 3.63) is 24.0 Å². The highest BCUT2D eigenvalue weighted by Crippen LogP contribution is 2.44. The first-order valence-electron chi connectivity index (χ1n) is 7.95. The molecule has 1 aliphatic heterocycles. The average Bonchev–Trinajstić information content (AvgIpc) is 3.18. The molecule has 1 atom stereocenters. The largest absolute Gasteiger partial charge is 0.399 e. The van der Waals surface area contributed by atoms with E-state index in [1.807, 2.05) is 12.1 Å². The smallest absolute Gasteiger partial charge is 0.113 e. The molecule has 4 rings (SSSR count). The highest BCUT2D eigenvalue weighted by Gasteiger charge is 2.35. The van der Waals surface area contributed by atoms with Crippen molar-refractivity contribution >= 4 is 16.7 Å². The molecule has 2 fully saturated rings. The fourth-order valence-electron chi connectivity index (χ4n) is 3.57. The van der Waals surface area contributed by atoms with E-state index in [0.717, 1.165) is 30.7 Å². The molecule has 2 aromatic rings. The highest BCUT2D eigenvalue weighted by atomic mass is 16.5. The van der Waals surface area contributed by atoms with E-state index >= 15 is 0 Å². The van der Waals surface area contributed by atoms with E-state index in [4.69, 9.17) is 15.5 Å². The molecule has 4 nitrogen and oxygen atoms in total. The Morgan fingerprint density at radius 3 is 2.81 bits per heavy atom. The van der Waals surface area contributed by atoms with Crippen LogP contribution in [0.25, 0.3) is 11.0 Å². The molecule has 0 bridgehead atoms. The normalized spacial score (nSPS) is 25.3. The molecule has 0 radical (unpaired) electrons. The summed E-state index contributed by atoms with van der Waals surface area (Å²) in [6, 6.07) is 6.61. The molecule has 4 heteroatoms. The summed E-state index contributed by atoms with van der Waals surface area (Å²) in [5, 5.41) is 0. The van der Waals surface area contributed by atoms with E-state index < -0.39 is 0 Å². The zero-order valence-electron chi connectivity index (χ0n) is 12.8. The van der Waals surface area contributed by atoms with Crippen LogP contribution in [-0.2, 0) is 4.74 Å². The van der Waals surface area contributed by atoms with Gasteiger partial charge in [-0.25, -0.2) is 4.98 Å². The van der Waals surface area contributed by atoms with Crippen molar-refractivity contribution < 1.29 is 4.74 Å². The van der Waals surface area contributed by atoms with Crippen LogP contribution in [0.2, 0.25) is 0 Å². The summed E-state index contributed by atoms with van der Waals surface area (Å²) in [5.74, 6) is 1.91. The van der Waals surface area contributed by atoms with Crippen molar-refractivity contribution in [3.63, 3.8) is 0 Å². The van der Waals surface area contributed by atoms with Gasteiger partial charge in [-0.1, -0.05) is 0 Å². The average molecular weight is 285 g/mol. The number of nitrogen functional groups attached to an aromatic ring is 1. The van der Waals surface area contributed by atoms with Gasteiger partial charge < -0.3 is 15.0 Å². The number of rotatable bonds is 2. The molecule has 1 aromatic carbocycles. The number of nitrogens with two attached hydrogens (primary N) is 1. The first-order chi connectivity index (χ1) is 10.0. The molecule has 2 heterocycles. The quantitative estimate of drug-likeness (QED) is 0.857. The standard InChI is InChI=1S/C17H23N3O/c1-17(2)10-13(7-8-21-17)20-15-6-5-12(18)9-14(15)19-16(20)11-3-4-11/h5-6,9,11,13H,3-4,7-8,10,18H2,1-2H3. The number of ether oxygens (including phenoxy) is 1. The molecule has 2 aliphatic rings. The maximum Gasteiger partial charge on any atom is 0.113 e. The minimum Gasteiger partial charge on any atom is -0.399 e. The summed E-state index contributed by atoms with van der Waals surface area (Å²) >= 11 is 0.